The number of ether oxygens (including phenoxy) is 3. The molecule has 0 bridgehead atoms. The smallest absolute Gasteiger partial charge is 0.338 e. The highest BCUT2D eigenvalue weighted by Gasteiger charge is 2.36. The van der Waals surface area contributed by atoms with Crippen molar-refractivity contribution in [1.29, 1.82) is 0 Å². The van der Waals surface area contributed by atoms with Crippen LogP contribution in [0.2, 0.25) is 0 Å². The van der Waals surface area contributed by atoms with Gasteiger partial charge in [-0.2, -0.15) is 0 Å². The minimum absolute atomic E-state index is 0.0697. The van der Waals surface area contributed by atoms with Crippen molar-refractivity contribution in [2.75, 3.05) is 20.8 Å². The van der Waals surface area contributed by atoms with Crippen molar-refractivity contribution in [3.63, 3.8) is 0 Å². The summed E-state index contributed by atoms with van der Waals surface area (Å²) in [7, 11) is 2.99. The van der Waals surface area contributed by atoms with Gasteiger partial charge in [-0.3, -0.25) is 19.5 Å². The number of phenols is 1. The van der Waals surface area contributed by atoms with Crippen molar-refractivity contribution in [2.45, 2.75) is 32.7 Å². The standard InChI is InChI=1S/C27H26BrN3O8S/c1-5-7-19-22(26(34)39-6-2)23(17-13-16(37-3)8-9-20(17)38-4)30-25(33)21(40-27(30)29-19)11-14-10-15(31(35)36)12-18(28)24(14)32/h8-13,23,32H,5-7H2,1-4H3/b21-11-/t23-/m1/s1. The second-order valence-electron chi connectivity index (χ2n) is 8.64. The first kappa shape index (κ1) is 29.0. The Morgan fingerprint density at radius 2 is 2.00 bits per heavy atom. The third-order valence-corrected chi connectivity index (χ3v) is 7.79. The molecule has 1 aromatic heterocycles. The molecule has 0 unspecified atom stereocenters. The number of allylic oxidation sites excluding steroid dienone is 1. The van der Waals surface area contributed by atoms with E-state index in [-0.39, 0.29) is 38.2 Å². The molecule has 0 radical (unpaired) electrons. The zero-order valence-corrected chi connectivity index (χ0v) is 24.5. The quantitative estimate of drug-likeness (QED) is 0.212. The Hall–Kier alpha value is -3.97. The van der Waals surface area contributed by atoms with Gasteiger partial charge in [0.1, 0.15) is 23.3 Å². The molecule has 4 rings (SSSR count). The lowest BCUT2D eigenvalue weighted by atomic mass is 9.93. The highest BCUT2D eigenvalue weighted by atomic mass is 79.9. The Morgan fingerprint density at radius 1 is 1.25 bits per heavy atom. The zero-order valence-electron chi connectivity index (χ0n) is 22.1. The number of phenolic OH excluding ortho intramolecular Hbond substituents is 1. The van der Waals surface area contributed by atoms with Crippen molar-refractivity contribution < 1.29 is 29.0 Å². The Balaban J connectivity index is 2.08. The van der Waals surface area contributed by atoms with Gasteiger partial charge >= 0.3 is 5.97 Å². The number of nitrogens with zero attached hydrogens (tertiary/aromatic N) is 3. The monoisotopic (exact) mass is 631 g/mol. The predicted octanol–water partition coefficient (Wildman–Crippen LogP) is 3.97. The van der Waals surface area contributed by atoms with Gasteiger partial charge < -0.3 is 19.3 Å². The Morgan fingerprint density at radius 3 is 2.62 bits per heavy atom. The minimum Gasteiger partial charge on any atom is -0.506 e. The van der Waals surface area contributed by atoms with E-state index in [2.05, 4.69) is 15.9 Å². The molecule has 0 saturated carbocycles. The molecule has 1 aliphatic heterocycles. The molecule has 0 fully saturated rings. The molecule has 40 heavy (non-hydrogen) atoms. The maximum absolute atomic E-state index is 14.0. The number of hydrogen-bond donors (Lipinski definition) is 1. The summed E-state index contributed by atoms with van der Waals surface area (Å²) < 4.78 is 18.1. The number of non-ortho nitro benzene ring substituents is 1. The number of aromatic nitrogens is 1. The Labute approximate surface area is 240 Å². The maximum atomic E-state index is 14.0. The second kappa shape index (κ2) is 12.0. The number of rotatable bonds is 9. The van der Waals surface area contributed by atoms with Crippen molar-refractivity contribution >= 4 is 45.0 Å². The predicted molar refractivity (Wildman–Crippen MR) is 152 cm³/mol. The van der Waals surface area contributed by atoms with E-state index in [4.69, 9.17) is 19.2 Å². The molecule has 3 aromatic rings. The van der Waals surface area contributed by atoms with Gasteiger partial charge in [0.25, 0.3) is 11.2 Å². The highest BCUT2D eigenvalue weighted by molar-refractivity contribution is 9.10. The molecule has 1 N–H and O–H groups in total. The Bertz CT molecular complexity index is 1710. The average molecular weight is 632 g/mol. The van der Waals surface area contributed by atoms with Crippen LogP contribution in [-0.4, -0.2) is 41.4 Å². The molecule has 0 saturated heterocycles. The summed E-state index contributed by atoms with van der Waals surface area (Å²) in [6, 6.07) is 6.47. The van der Waals surface area contributed by atoms with E-state index >= 15 is 0 Å². The number of carbonyl (C=O) groups is 1. The second-order valence-corrected chi connectivity index (χ2v) is 10.5. The number of aromatic hydroxyl groups is 1. The molecule has 2 heterocycles. The first-order valence-electron chi connectivity index (χ1n) is 12.3. The van der Waals surface area contributed by atoms with Gasteiger partial charge in [-0.05, 0) is 53.5 Å². The number of thiazole rings is 1. The van der Waals surface area contributed by atoms with Crippen LogP contribution in [0.3, 0.4) is 0 Å². The van der Waals surface area contributed by atoms with Crippen molar-refractivity contribution in [3.8, 4) is 17.2 Å². The van der Waals surface area contributed by atoms with Gasteiger partial charge in [0, 0.05) is 23.3 Å². The molecule has 1 atom stereocenters. The lowest BCUT2D eigenvalue weighted by Crippen LogP contribution is -2.40. The van der Waals surface area contributed by atoms with Crippen molar-refractivity contribution in [3.05, 3.63) is 87.0 Å². The molecule has 1 aliphatic rings. The number of nitro groups is 1. The fraction of sp³-hybridized carbons (Fsp3) is 0.296. The van der Waals surface area contributed by atoms with Gasteiger partial charge in [0.15, 0.2) is 4.80 Å². The fourth-order valence-corrected chi connectivity index (χ4v) is 5.90. The summed E-state index contributed by atoms with van der Waals surface area (Å²) in [6.07, 6.45) is 2.49. The molecule has 2 aromatic carbocycles. The van der Waals surface area contributed by atoms with Crippen LogP contribution in [0.15, 0.2) is 55.9 Å². The van der Waals surface area contributed by atoms with Crippen LogP contribution in [0, 0.1) is 10.1 Å². The summed E-state index contributed by atoms with van der Waals surface area (Å²) in [4.78, 5) is 43.2. The number of methoxy groups -OCH3 is 2. The molecule has 11 nitrogen and oxygen atoms in total. The number of halogens is 1. The molecule has 0 spiro atoms. The summed E-state index contributed by atoms with van der Waals surface area (Å²) >= 11 is 4.17. The van der Waals surface area contributed by atoms with E-state index < -0.39 is 22.5 Å². The first-order valence-corrected chi connectivity index (χ1v) is 13.9. The van der Waals surface area contributed by atoms with Crippen LogP contribution in [0.5, 0.6) is 17.2 Å². The van der Waals surface area contributed by atoms with Crippen LogP contribution < -0.4 is 24.4 Å². The number of benzene rings is 2. The lowest BCUT2D eigenvalue weighted by Gasteiger charge is -2.27. The van der Waals surface area contributed by atoms with Crippen molar-refractivity contribution in [2.24, 2.45) is 4.99 Å². The lowest BCUT2D eigenvalue weighted by molar-refractivity contribution is -0.385. The zero-order chi connectivity index (χ0) is 29.1. The third kappa shape index (κ3) is 5.39. The van der Waals surface area contributed by atoms with Crippen molar-refractivity contribution in [1.82, 2.24) is 4.57 Å². The van der Waals surface area contributed by atoms with E-state index in [1.165, 1.54) is 37.0 Å². The minimum atomic E-state index is -0.963. The largest absolute Gasteiger partial charge is 0.506 e. The van der Waals surface area contributed by atoms with E-state index in [0.29, 0.717) is 40.4 Å². The molecule has 210 valence electrons. The molecular weight excluding hydrogens is 606 g/mol. The summed E-state index contributed by atoms with van der Waals surface area (Å²) in [5.41, 5.74) is 0.456. The van der Waals surface area contributed by atoms with Gasteiger partial charge in [0.05, 0.1) is 46.0 Å². The molecular formula is C27H26BrN3O8S. The topological polar surface area (TPSA) is 142 Å². The summed E-state index contributed by atoms with van der Waals surface area (Å²) in [5, 5.41) is 22.0. The summed E-state index contributed by atoms with van der Waals surface area (Å²) in [5.74, 6) is 0.0298. The molecule has 13 heteroatoms. The number of fused-ring (bicyclic) bond motifs is 1. The van der Waals surface area contributed by atoms with E-state index in [1.807, 2.05) is 6.92 Å². The summed E-state index contributed by atoms with van der Waals surface area (Å²) in [6.45, 7) is 3.76. The molecule has 0 amide bonds. The number of carbonyl (C=O) groups excluding carboxylic acids is 1. The molecule has 0 aliphatic carbocycles. The van der Waals surface area contributed by atoms with Gasteiger partial charge in [-0.25, -0.2) is 9.79 Å². The van der Waals surface area contributed by atoms with E-state index in [9.17, 15) is 24.8 Å². The van der Waals surface area contributed by atoms with Gasteiger partial charge in [-0.1, -0.05) is 24.7 Å². The Kier molecular flexibility index (Phi) is 8.74. The normalized spacial score (nSPS) is 14.9. The van der Waals surface area contributed by atoms with Gasteiger partial charge in [0.2, 0.25) is 0 Å². The number of nitro benzene ring substituents is 1. The van der Waals surface area contributed by atoms with Gasteiger partial charge in [-0.15, -0.1) is 0 Å². The van der Waals surface area contributed by atoms with Crippen LogP contribution >= 0.6 is 27.3 Å². The van der Waals surface area contributed by atoms with Crippen LogP contribution in [0.4, 0.5) is 5.69 Å². The average Bonchev–Trinajstić information content (AvgIpc) is 3.24. The highest BCUT2D eigenvalue weighted by Crippen LogP contribution is 2.39. The number of hydrogen-bond acceptors (Lipinski definition) is 10. The maximum Gasteiger partial charge on any atom is 0.338 e. The van der Waals surface area contributed by atoms with E-state index in [1.54, 1.807) is 25.1 Å². The van der Waals surface area contributed by atoms with E-state index in [0.717, 1.165) is 11.3 Å². The SMILES string of the molecule is CCCC1=C(C(=O)OCC)[C@@H](c2cc(OC)ccc2OC)n2c(s/c(=C\c3cc([N+](=O)[O-])cc(Br)c3O)c2=O)=N1. The van der Waals surface area contributed by atoms with Crippen LogP contribution in [0.1, 0.15) is 43.9 Å². The van der Waals surface area contributed by atoms with Crippen LogP contribution in [0.25, 0.3) is 6.08 Å². The van der Waals surface area contributed by atoms with Crippen LogP contribution in [-0.2, 0) is 9.53 Å². The third-order valence-electron chi connectivity index (χ3n) is 6.20. The number of esters is 1. The first-order chi connectivity index (χ1) is 19.1. The fourth-order valence-electron chi connectivity index (χ4n) is 4.43.